The maximum Gasteiger partial charge on any atom is 0.0639 e. The SMILES string of the molecule is Cc1cc(C)c(C#CC(C)N)cc1C. The molecule has 1 heteroatoms. The predicted octanol–water partition coefficient (Wildman–Crippen LogP) is 2.31. The van der Waals surface area contributed by atoms with E-state index in [2.05, 4.69) is 44.7 Å². The van der Waals surface area contributed by atoms with Crippen LogP contribution in [0.5, 0.6) is 0 Å². The molecule has 1 aromatic carbocycles. The number of rotatable bonds is 0. The Morgan fingerprint density at radius 1 is 1.07 bits per heavy atom. The van der Waals surface area contributed by atoms with Crippen molar-refractivity contribution in [3.63, 3.8) is 0 Å². The van der Waals surface area contributed by atoms with E-state index >= 15 is 0 Å². The number of hydrogen-bond acceptors (Lipinski definition) is 1. The van der Waals surface area contributed by atoms with Crippen molar-refractivity contribution < 1.29 is 0 Å². The van der Waals surface area contributed by atoms with Gasteiger partial charge in [0, 0.05) is 5.56 Å². The van der Waals surface area contributed by atoms with Gasteiger partial charge in [-0.1, -0.05) is 17.9 Å². The molecule has 1 aromatic rings. The van der Waals surface area contributed by atoms with Gasteiger partial charge in [-0.05, 0) is 50.5 Å². The Bertz CT molecular complexity index is 392. The van der Waals surface area contributed by atoms with Gasteiger partial charge in [-0.2, -0.15) is 0 Å². The molecule has 0 aliphatic heterocycles. The third-order valence-corrected chi connectivity index (χ3v) is 2.28. The van der Waals surface area contributed by atoms with Crippen molar-refractivity contribution in [2.45, 2.75) is 33.7 Å². The van der Waals surface area contributed by atoms with Gasteiger partial charge in [-0.15, -0.1) is 0 Å². The molecule has 0 saturated heterocycles. The molecule has 1 unspecified atom stereocenters. The number of hydrogen-bond donors (Lipinski definition) is 1. The summed E-state index contributed by atoms with van der Waals surface area (Å²) in [5.41, 5.74) is 10.5. The Morgan fingerprint density at radius 2 is 1.64 bits per heavy atom. The van der Waals surface area contributed by atoms with Crippen molar-refractivity contribution in [2.24, 2.45) is 5.73 Å². The van der Waals surface area contributed by atoms with Crippen LogP contribution < -0.4 is 5.73 Å². The van der Waals surface area contributed by atoms with Gasteiger partial charge < -0.3 is 5.73 Å². The van der Waals surface area contributed by atoms with Crippen LogP contribution in [0.3, 0.4) is 0 Å². The topological polar surface area (TPSA) is 26.0 Å². The largest absolute Gasteiger partial charge is 0.318 e. The van der Waals surface area contributed by atoms with E-state index < -0.39 is 0 Å². The van der Waals surface area contributed by atoms with Gasteiger partial charge in [0.2, 0.25) is 0 Å². The highest BCUT2D eigenvalue weighted by Crippen LogP contribution is 2.14. The number of aryl methyl sites for hydroxylation is 3. The van der Waals surface area contributed by atoms with Crippen molar-refractivity contribution in [3.05, 3.63) is 34.4 Å². The van der Waals surface area contributed by atoms with Crippen LogP contribution in [-0.4, -0.2) is 6.04 Å². The van der Waals surface area contributed by atoms with Crippen LogP contribution >= 0.6 is 0 Å². The molecule has 0 aliphatic rings. The van der Waals surface area contributed by atoms with Crippen LogP contribution in [0.1, 0.15) is 29.2 Å². The molecule has 0 saturated carbocycles. The average molecular weight is 187 g/mol. The van der Waals surface area contributed by atoms with Crippen LogP contribution in [0.15, 0.2) is 12.1 Å². The standard InChI is InChI=1S/C13H17N/c1-9-7-11(3)13(8-10(9)2)6-5-12(4)14/h7-8,12H,14H2,1-4H3. The van der Waals surface area contributed by atoms with E-state index in [1.54, 1.807) is 0 Å². The molecular weight excluding hydrogens is 170 g/mol. The highest BCUT2D eigenvalue weighted by Gasteiger charge is 1.98. The lowest BCUT2D eigenvalue weighted by atomic mass is 10.0. The first-order valence-electron chi connectivity index (χ1n) is 4.85. The Morgan fingerprint density at radius 3 is 2.21 bits per heavy atom. The predicted molar refractivity (Wildman–Crippen MR) is 61.2 cm³/mol. The monoisotopic (exact) mass is 187 g/mol. The minimum absolute atomic E-state index is 0.0593. The molecule has 1 atom stereocenters. The highest BCUT2D eigenvalue weighted by molar-refractivity contribution is 5.46. The van der Waals surface area contributed by atoms with Crippen molar-refractivity contribution in [1.82, 2.24) is 0 Å². The maximum atomic E-state index is 5.58. The minimum Gasteiger partial charge on any atom is -0.318 e. The molecule has 0 aromatic heterocycles. The molecule has 0 spiro atoms. The fourth-order valence-electron chi connectivity index (χ4n) is 1.29. The zero-order valence-electron chi connectivity index (χ0n) is 9.31. The van der Waals surface area contributed by atoms with E-state index in [1.165, 1.54) is 16.7 Å². The van der Waals surface area contributed by atoms with Gasteiger partial charge in [0.05, 0.1) is 6.04 Å². The summed E-state index contributed by atoms with van der Waals surface area (Å²) in [4.78, 5) is 0. The minimum atomic E-state index is -0.0593. The van der Waals surface area contributed by atoms with Crippen LogP contribution in [0.25, 0.3) is 0 Å². The summed E-state index contributed by atoms with van der Waals surface area (Å²) in [6.07, 6.45) is 0. The van der Waals surface area contributed by atoms with Crippen LogP contribution in [0.4, 0.5) is 0 Å². The molecule has 0 aliphatic carbocycles. The highest BCUT2D eigenvalue weighted by atomic mass is 14.6. The Labute approximate surface area is 86.3 Å². The molecule has 0 bridgehead atoms. The molecule has 0 amide bonds. The van der Waals surface area contributed by atoms with E-state index in [1.807, 2.05) is 6.92 Å². The molecule has 74 valence electrons. The van der Waals surface area contributed by atoms with Crippen molar-refractivity contribution >= 4 is 0 Å². The van der Waals surface area contributed by atoms with E-state index in [9.17, 15) is 0 Å². The van der Waals surface area contributed by atoms with Crippen LogP contribution in [-0.2, 0) is 0 Å². The summed E-state index contributed by atoms with van der Waals surface area (Å²) < 4.78 is 0. The first-order valence-corrected chi connectivity index (χ1v) is 4.85. The van der Waals surface area contributed by atoms with Gasteiger partial charge in [0.1, 0.15) is 0 Å². The van der Waals surface area contributed by atoms with Crippen molar-refractivity contribution in [1.29, 1.82) is 0 Å². The van der Waals surface area contributed by atoms with E-state index in [4.69, 9.17) is 5.73 Å². The Balaban J connectivity index is 3.12. The lowest BCUT2D eigenvalue weighted by molar-refractivity contribution is 0.959. The average Bonchev–Trinajstić information content (AvgIpc) is 2.09. The van der Waals surface area contributed by atoms with E-state index in [0.717, 1.165) is 5.56 Å². The molecular formula is C13H17N. The molecule has 14 heavy (non-hydrogen) atoms. The molecule has 0 heterocycles. The summed E-state index contributed by atoms with van der Waals surface area (Å²) in [5, 5.41) is 0. The van der Waals surface area contributed by atoms with Crippen LogP contribution in [0.2, 0.25) is 0 Å². The van der Waals surface area contributed by atoms with Gasteiger partial charge in [0.25, 0.3) is 0 Å². The van der Waals surface area contributed by atoms with E-state index in [-0.39, 0.29) is 6.04 Å². The molecule has 0 radical (unpaired) electrons. The molecule has 0 fully saturated rings. The Hall–Kier alpha value is -1.26. The second-order valence-corrected chi connectivity index (χ2v) is 3.81. The number of nitrogens with two attached hydrogens (primary N) is 1. The van der Waals surface area contributed by atoms with E-state index in [0.29, 0.717) is 0 Å². The van der Waals surface area contributed by atoms with Gasteiger partial charge in [0.15, 0.2) is 0 Å². The second-order valence-electron chi connectivity index (χ2n) is 3.81. The van der Waals surface area contributed by atoms with Gasteiger partial charge >= 0.3 is 0 Å². The molecule has 1 nitrogen and oxygen atoms in total. The zero-order chi connectivity index (χ0) is 10.7. The maximum absolute atomic E-state index is 5.58. The normalized spacial score (nSPS) is 11.8. The van der Waals surface area contributed by atoms with Gasteiger partial charge in [-0.25, -0.2) is 0 Å². The molecule has 1 rings (SSSR count). The molecule has 2 N–H and O–H groups in total. The summed E-state index contributed by atoms with van der Waals surface area (Å²) in [5.74, 6) is 6.08. The van der Waals surface area contributed by atoms with Gasteiger partial charge in [-0.3, -0.25) is 0 Å². The first kappa shape index (κ1) is 10.8. The lowest BCUT2D eigenvalue weighted by Crippen LogP contribution is -2.11. The smallest absolute Gasteiger partial charge is 0.0639 e. The fourth-order valence-corrected chi connectivity index (χ4v) is 1.29. The summed E-state index contributed by atoms with van der Waals surface area (Å²) in [6.45, 7) is 8.19. The summed E-state index contributed by atoms with van der Waals surface area (Å²) in [6, 6.07) is 4.23. The Kier molecular flexibility index (Phi) is 3.33. The second kappa shape index (κ2) is 4.30. The third kappa shape index (κ3) is 2.61. The fraction of sp³-hybridized carbons (Fsp3) is 0.385. The summed E-state index contributed by atoms with van der Waals surface area (Å²) in [7, 11) is 0. The zero-order valence-corrected chi connectivity index (χ0v) is 9.31. The summed E-state index contributed by atoms with van der Waals surface area (Å²) >= 11 is 0. The lowest BCUT2D eigenvalue weighted by Gasteiger charge is -2.04. The third-order valence-electron chi connectivity index (χ3n) is 2.28. The van der Waals surface area contributed by atoms with Crippen molar-refractivity contribution in [3.8, 4) is 11.8 Å². The first-order chi connectivity index (χ1) is 6.50. The van der Waals surface area contributed by atoms with Crippen LogP contribution in [0, 0.1) is 32.6 Å². The quantitative estimate of drug-likeness (QED) is 0.620. The van der Waals surface area contributed by atoms with Crippen molar-refractivity contribution in [2.75, 3.05) is 0 Å². The number of benzene rings is 1.